The summed E-state index contributed by atoms with van der Waals surface area (Å²) < 4.78 is 38.7. The van der Waals surface area contributed by atoms with Gasteiger partial charge in [-0.05, 0) is 67.1 Å². The number of phenolic OH excluding ortho intramolecular Hbond substituents is 1. The van der Waals surface area contributed by atoms with E-state index in [0.717, 1.165) is 24.5 Å². The van der Waals surface area contributed by atoms with Crippen LogP contribution in [-0.2, 0) is 16.3 Å². The van der Waals surface area contributed by atoms with E-state index < -0.39 is 15.7 Å². The Morgan fingerprint density at radius 2 is 2.04 bits per heavy atom. The number of hydrogen-bond acceptors (Lipinski definition) is 4. The highest BCUT2D eigenvalue weighted by molar-refractivity contribution is 7.91. The van der Waals surface area contributed by atoms with Gasteiger partial charge in [-0.3, -0.25) is 0 Å². The van der Waals surface area contributed by atoms with Gasteiger partial charge in [0.2, 0.25) is 9.84 Å². The highest BCUT2D eigenvalue weighted by Gasteiger charge is 2.28. The van der Waals surface area contributed by atoms with Crippen molar-refractivity contribution in [1.29, 1.82) is 0 Å². The molecule has 0 aromatic heterocycles. The molecule has 0 radical (unpaired) electrons. The van der Waals surface area contributed by atoms with E-state index in [0.29, 0.717) is 18.5 Å². The molecule has 0 saturated heterocycles. The minimum atomic E-state index is -3.97. The minimum absolute atomic E-state index is 0.135. The summed E-state index contributed by atoms with van der Waals surface area (Å²) in [4.78, 5) is -0.349. The summed E-state index contributed by atoms with van der Waals surface area (Å²) >= 11 is 0. The van der Waals surface area contributed by atoms with Gasteiger partial charge in [0.05, 0.1) is 4.90 Å². The first kappa shape index (κ1) is 16.0. The molecule has 23 heavy (non-hydrogen) atoms. The van der Waals surface area contributed by atoms with Crippen molar-refractivity contribution in [3.05, 3.63) is 53.3 Å². The predicted molar refractivity (Wildman–Crippen MR) is 84.7 cm³/mol. The summed E-state index contributed by atoms with van der Waals surface area (Å²) in [5.74, 6) is -0.729. The molecular formula is C17H18FNO3S. The molecule has 2 aromatic rings. The lowest BCUT2D eigenvalue weighted by Gasteiger charge is -2.26. The second-order valence-electron chi connectivity index (χ2n) is 5.77. The molecular weight excluding hydrogens is 317 g/mol. The van der Waals surface area contributed by atoms with Crippen molar-refractivity contribution in [3.63, 3.8) is 0 Å². The van der Waals surface area contributed by atoms with Gasteiger partial charge in [-0.15, -0.1) is 0 Å². The van der Waals surface area contributed by atoms with Crippen molar-refractivity contribution >= 4 is 9.84 Å². The average Bonchev–Trinajstić information content (AvgIpc) is 2.54. The maximum absolute atomic E-state index is 13.3. The lowest BCUT2D eigenvalue weighted by Crippen LogP contribution is -2.19. The quantitative estimate of drug-likeness (QED) is 0.904. The predicted octanol–water partition coefficient (Wildman–Crippen LogP) is 2.74. The molecule has 3 N–H and O–H groups in total. The van der Waals surface area contributed by atoms with Crippen LogP contribution in [0.5, 0.6) is 5.75 Å². The summed E-state index contributed by atoms with van der Waals surface area (Å²) in [5.41, 5.74) is 7.31. The molecule has 6 heteroatoms. The summed E-state index contributed by atoms with van der Waals surface area (Å²) in [6.45, 7) is 0.461. The summed E-state index contributed by atoms with van der Waals surface area (Å²) in [6, 6.07) is 7.90. The zero-order chi connectivity index (χ0) is 16.6. The maximum atomic E-state index is 13.3. The number of sulfone groups is 1. The summed E-state index contributed by atoms with van der Waals surface area (Å²) in [6.07, 6.45) is 2.40. The molecule has 0 spiro atoms. The molecule has 1 aliphatic rings. The van der Waals surface area contributed by atoms with Crippen LogP contribution in [-0.4, -0.2) is 20.1 Å². The SMILES string of the molecule is NCC1CCCc2c1ccc(S(=O)(=O)c1cccc(F)c1)c2O. The van der Waals surface area contributed by atoms with Gasteiger partial charge in [-0.25, -0.2) is 12.8 Å². The molecule has 0 amide bonds. The molecule has 1 aliphatic carbocycles. The minimum Gasteiger partial charge on any atom is -0.506 e. The van der Waals surface area contributed by atoms with E-state index in [1.165, 1.54) is 24.3 Å². The van der Waals surface area contributed by atoms with E-state index in [1.807, 2.05) is 0 Å². The fourth-order valence-corrected chi connectivity index (χ4v) is 4.58. The molecule has 2 aromatic carbocycles. The average molecular weight is 335 g/mol. The molecule has 0 saturated carbocycles. The Kier molecular flexibility index (Phi) is 4.12. The van der Waals surface area contributed by atoms with Gasteiger partial charge >= 0.3 is 0 Å². The van der Waals surface area contributed by atoms with Crippen LogP contribution in [0, 0.1) is 5.82 Å². The fraction of sp³-hybridized carbons (Fsp3) is 0.294. The van der Waals surface area contributed by atoms with Crippen molar-refractivity contribution in [3.8, 4) is 5.75 Å². The molecule has 1 unspecified atom stereocenters. The van der Waals surface area contributed by atoms with Crippen LogP contribution in [0.1, 0.15) is 29.9 Å². The van der Waals surface area contributed by atoms with Crippen molar-refractivity contribution in [2.75, 3.05) is 6.54 Å². The first-order chi connectivity index (χ1) is 10.9. The van der Waals surface area contributed by atoms with E-state index in [-0.39, 0.29) is 21.5 Å². The van der Waals surface area contributed by atoms with E-state index in [1.54, 1.807) is 6.07 Å². The van der Waals surface area contributed by atoms with Crippen LogP contribution < -0.4 is 5.73 Å². The standard InChI is InChI=1S/C17H18FNO3S/c18-12-4-2-5-13(9-12)23(21,22)16-8-7-14-11(10-19)3-1-6-15(14)17(16)20/h2,4-5,7-9,11,20H,1,3,6,10,19H2. The molecule has 3 rings (SSSR count). The van der Waals surface area contributed by atoms with Gasteiger partial charge in [-0.1, -0.05) is 12.1 Å². The number of benzene rings is 2. The first-order valence-corrected chi connectivity index (χ1v) is 8.99. The number of halogens is 1. The van der Waals surface area contributed by atoms with Gasteiger partial charge in [0.15, 0.2) is 0 Å². The van der Waals surface area contributed by atoms with Crippen LogP contribution in [0.2, 0.25) is 0 Å². The Morgan fingerprint density at radius 1 is 1.26 bits per heavy atom. The molecule has 4 nitrogen and oxygen atoms in total. The zero-order valence-electron chi connectivity index (χ0n) is 12.5. The van der Waals surface area contributed by atoms with E-state index in [9.17, 15) is 17.9 Å². The number of aromatic hydroxyl groups is 1. The molecule has 1 atom stereocenters. The van der Waals surface area contributed by atoms with Crippen molar-refractivity contribution in [2.45, 2.75) is 35.0 Å². The third-order valence-corrected chi connectivity index (χ3v) is 6.16. The largest absolute Gasteiger partial charge is 0.506 e. The number of nitrogens with two attached hydrogens (primary N) is 1. The Hall–Kier alpha value is -1.92. The Labute approximate surface area is 134 Å². The van der Waals surface area contributed by atoms with Crippen LogP contribution in [0.4, 0.5) is 4.39 Å². The monoisotopic (exact) mass is 335 g/mol. The lowest BCUT2D eigenvalue weighted by molar-refractivity contribution is 0.439. The Morgan fingerprint density at radius 3 is 2.74 bits per heavy atom. The Bertz CT molecular complexity index is 849. The van der Waals surface area contributed by atoms with Gasteiger partial charge in [0.25, 0.3) is 0 Å². The number of fused-ring (bicyclic) bond motifs is 1. The van der Waals surface area contributed by atoms with E-state index >= 15 is 0 Å². The van der Waals surface area contributed by atoms with Gasteiger partial charge < -0.3 is 10.8 Å². The second-order valence-corrected chi connectivity index (χ2v) is 7.68. The number of rotatable bonds is 3. The third kappa shape index (κ3) is 2.72. The topological polar surface area (TPSA) is 80.4 Å². The molecule has 0 bridgehead atoms. The van der Waals surface area contributed by atoms with Gasteiger partial charge in [0.1, 0.15) is 16.5 Å². The van der Waals surface area contributed by atoms with Crippen LogP contribution >= 0.6 is 0 Å². The first-order valence-electron chi connectivity index (χ1n) is 7.50. The van der Waals surface area contributed by atoms with Crippen LogP contribution in [0.3, 0.4) is 0 Å². The normalized spacial score (nSPS) is 17.7. The third-order valence-electron chi connectivity index (χ3n) is 4.38. The molecule has 0 fully saturated rings. The summed E-state index contributed by atoms with van der Waals surface area (Å²) in [7, 11) is -3.97. The van der Waals surface area contributed by atoms with E-state index in [2.05, 4.69) is 0 Å². The number of hydrogen-bond donors (Lipinski definition) is 2. The smallest absolute Gasteiger partial charge is 0.210 e. The molecule has 0 aliphatic heterocycles. The van der Waals surface area contributed by atoms with Crippen LogP contribution in [0.25, 0.3) is 0 Å². The van der Waals surface area contributed by atoms with Gasteiger partial charge in [0, 0.05) is 0 Å². The van der Waals surface area contributed by atoms with Crippen molar-refractivity contribution < 1.29 is 17.9 Å². The highest BCUT2D eigenvalue weighted by atomic mass is 32.2. The summed E-state index contributed by atoms with van der Waals surface area (Å²) in [5, 5.41) is 10.5. The van der Waals surface area contributed by atoms with Crippen LogP contribution in [0.15, 0.2) is 46.2 Å². The van der Waals surface area contributed by atoms with Crippen molar-refractivity contribution in [1.82, 2.24) is 0 Å². The lowest BCUT2D eigenvalue weighted by atomic mass is 9.82. The Balaban J connectivity index is 2.14. The molecule has 0 heterocycles. The second kappa shape index (κ2) is 5.94. The van der Waals surface area contributed by atoms with Crippen molar-refractivity contribution in [2.24, 2.45) is 5.73 Å². The fourth-order valence-electron chi connectivity index (χ4n) is 3.18. The zero-order valence-corrected chi connectivity index (χ0v) is 13.3. The number of phenols is 1. The maximum Gasteiger partial charge on any atom is 0.210 e. The van der Waals surface area contributed by atoms with E-state index in [4.69, 9.17) is 5.73 Å². The van der Waals surface area contributed by atoms with Gasteiger partial charge in [-0.2, -0.15) is 0 Å². The highest BCUT2D eigenvalue weighted by Crippen LogP contribution is 2.40. The molecule has 122 valence electrons.